The van der Waals surface area contributed by atoms with Gasteiger partial charge in [0, 0.05) is 25.4 Å². The van der Waals surface area contributed by atoms with Gasteiger partial charge in [-0.1, -0.05) is 25.3 Å². The van der Waals surface area contributed by atoms with Gasteiger partial charge in [0.2, 0.25) is 0 Å². The second kappa shape index (κ2) is 8.57. The maximum absolute atomic E-state index is 6.60. The van der Waals surface area contributed by atoms with Gasteiger partial charge in [0.05, 0.1) is 20.8 Å². The minimum atomic E-state index is -0.608. The van der Waals surface area contributed by atoms with Crippen molar-refractivity contribution in [2.24, 2.45) is 5.92 Å². The molecule has 28 heavy (non-hydrogen) atoms. The number of benzene rings is 1. The van der Waals surface area contributed by atoms with E-state index in [4.69, 9.17) is 23.7 Å². The summed E-state index contributed by atoms with van der Waals surface area (Å²) in [5.41, 5.74) is 1.16. The molecule has 1 aliphatic carbocycles. The second-order valence-corrected chi connectivity index (χ2v) is 8.16. The fourth-order valence-corrected chi connectivity index (χ4v) is 4.77. The van der Waals surface area contributed by atoms with E-state index in [2.05, 4.69) is 11.4 Å². The summed E-state index contributed by atoms with van der Waals surface area (Å²) in [5, 5.41) is 3.37. The molecule has 3 fully saturated rings. The van der Waals surface area contributed by atoms with Crippen molar-refractivity contribution in [1.82, 2.24) is 5.32 Å². The van der Waals surface area contributed by atoms with E-state index in [0.717, 1.165) is 55.8 Å². The maximum atomic E-state index is 6.60. The zero-order chi connectivity index (χ0) is 19.5. The lowest BCUT2D eigenvalue weighted by atomic mass is 9.83. The van der Waals surface area contributed by atoms with Crippen LogP contribution in [0.1, 0.15) is 44.1 Å². The van der Waals surface area contributed by atoms with Crippen molar-refractivity contribution < 1.29 is 23.7 Å². The summed E-state index contributed by atoms with van der Waals surface area (Å²) in [6.45, 7) is 2.82. The van der Waals surface area contributed by atoms with Gasteiger partial charge < -0.3 is 29.0 Å². The lowest BCUT2D eigenvalue weighted by molar-refractivity contribution is -0.283. The second-order valence-electron chi connectivity index (χ2n) is 8.16. The summed E-state index contributed by atoms with van der Waals surface area (Å²) in [7, 11) is 3.31. The van der Waals surface area contributed by atoms with Crippen LogP contribution in [0.15, 0.2) is 18.2 Å². The highest BCUT2D eigenvalue weighted by atomic mass is 16.8. The first kappa shape index (κ1) is 20.0. The Hall–Kier alpha value is -1.34. The average molecular weight is 392 g/mol. The smallest absolute Gasteiger partial charge is 0.198 e. The van der Waals surface area contributed by atoms with Crippen LogP contribution in [-0.4, -0.2) is 52.1 Å². The fourth-order valence-electron chi connectivity index (χ4n) is 4.77. The van der Waals surface area contributed by atoms with Gasteiger partial charge in [-0.2, -0.15) is 0 Å². The van der Waals surface area contributed by atoms with Gasteiger partial charge in [0.15, 0.2) is 23.1 Å². The third-order valence-corrected chi connectivity index (χ3v) is 6.38. The van der Waals surface area contributed by atoms with Crippen LogP contribution in [0, 0.1) is 5.92 Å². The molecule has 0 bridgehead atoms. The van der Waals surface area contributed by atoms with E-state index in [-0.39, 0.29) is 0 Å². The first-order chi connectivity index (χ1) is 13.7. The third kappa shape index (κ3) is 4.01. The molecule has 1 aromatic carbocycles. The normalized spacial score (nSPS) is 30.8. The van der Waals surface area contributed by atoms with Crippen LogP contribution >= 0.6 is 0 Å². The highest BCUT2D eigenvalue weighted by molar-refractivity contribution is 5.42. The monoisotopic (exact) mass is 391 g/mol. The van der Waals surface area contributed by atoms with Crippen molar-refractivity contribution >= 4 is 0 Å². The molecule has 2 unspecified atom stereocenters. The molecule has 2 saturated heterocycles. The van der Waals surface area contributed by atoms with E-state index in [1.54, 1.807) is 14.2 Å². The first-order valence-corrected chi connectivity index (χ1v) is 10.6. The molecule has 1 N–H and O–H groups in total. The van der Waals surface area contributed by atoms with Crippen molar-refractivity contribution in [1.29, 1.82) is 0 Å². The Labute approximate surface area is 167 Å². The van der Waals surface area contributed by atoms with Gasteiger partial charge in [-0.15, -0.1) is 0 Å². The molecule has 0 amide bonds. The molecule has 1 aromatic rings. The van der Waals surface area contributed by atoms with E-state index in [9.17, 15) is 0 Å². The van der Waals surface area contributed by atoms with Crippen molar-refractivity contribution in [3.8, 4) is 11.5 Å². The summed E-state index contributed by atoms with van der Waals surface area (Å²) in [4.78, 5) is 0. The quantitative estimate of drug-likeness (QED) is 0.770. The summed E-state index contributed by atoms with van der Waals surface area (Å²) in [5.74, 6) is 0.795. The Morgan fingerprint density at radius 3 is 2.64 bits per heavy atom. The molecule has 156 valence electrons. The number of hydrogen-bond acceptors (Lipinski definition) is 6. The molecule has 6 nitrogen and oxygen atoms in total. The topological polar surface area (TPSA) is 58.2 Å². The first-order valence-electron chi connectivity index (χ1n) is 10.6. The molecule has 6 heteroatoms. The van der Waals surface area contributed by atoms with Crippen LogP contribution in [-0.2, 0) is 20.6 Å². The zero-order valence-corrected chi connectivity index (χ0v) is 17.1. The van der Waals surface area contributed by atoms with Gasteiger partial charge in [-0.05, 0) is 37.0 Å². The minimum Gasteiger partial charge on any atom is -0.493 e. The molecule has 1 spiro atoms. The predicted molar refractivity (Wildman–Crippen MR) is 106 cm³/mol. The summed E-state index contributed by atoms with van der Waals surface area (Å²) < 4.78 is 30.0. The van der Waals surface area contributed by atoms with Crippen LogP contribution in [0.5, 0.6) is 11.5 Å². The number of hydrogen-bond donors (Lipinski definition) is 1. The molecular formula is C22H33NO5. The molecule has 3 aliphatic rings. The predicted octanol–water partition coefficient (Wildman–Crippen LogP) is 3.28. The molecular weight excluding hydrogens is 358 g/mol. The highest BCUT2D eigenvalue weighted by Crippen LogP contribution is 2.45. The maximum Gasteiger partial charge on any atom is 0.198 e. The standard InChI is InChI=1S/C22H33NO5/c1-24-19-9-8-17(14-20(19)25-2)10-13-26-22(18-6-4-3-5-7-18)16-27-21(28-22)11-12-23-15-21/h8-9,14,18,23H,3-7,10-13,15-16H2,1-2H3. The molecule has 2 aliphatic heterocycles. The number of rotatable bonds is 7. The minimum absolute atomic E-state index is 0.409. The number of ether oxygens (including phenoxy) is 5. The van der Waals surface area contributed by atoms with Crippen molar-refractivity contribution in [3.63, 3.8) is 0 Å². The summed E-state index contributed by atoms with van der Waals surface area (Å²) in [6, 6.07) is 6.02. The van der Waals surface area contributed by atoms with Crippen LogP contribution < -0.4 is 14.8 Å². The van der Waals surface area contributed by atoms with Crippen LogP contribution in [0.25, 0.3) is 0 Å². The Bertz CT molecular complexity index is 654. The van der Waals surface area contributed by atoms with Gasteiger partial charge in [-0.3, -0.25) is 0 Å². The zero-order valence-electron chi connectivity index (χ0n) is 17.1. The Balaban J connectivity index is 1.43. The number of nitrogens with one attached hydrogen (secondary N) is 1. The molecule has 4 rings (SSSR count). The molecule has 0 aromatic heterocycles. The van der Waals surface area contributed by atoms with Gasteiger partial charge >= 0.3 is 0 Å². The molecule has 2 atom stereocenters. The van der Waals surface area contributed by atoms with Crippen LogP contribution in [0.4, 0.5) is 0 Å². The number of methoxy groups -OCH3 is 2. The van der Waals surface area contributed by atoms with Gasteiger partial charge in [0.1, 0.15) is 6.61 Å². The van der Waals surface area contributed by atoms with E-state index in [1.165, 1.54) is 19.3 Å². The lowest BCUT2D eigenvalue weighted by Gasteiger charge is -2.39. The Morgan fingerprint density at radius 2 is 1.93 bits per heavy atom. The third-order valence-electron chi connectivity index (χ3n) is 6.38. The molecule has 0 radical (unpaired) electrons. The van der Waals surface area contributed by atoms with Crippen LogP contribution in [0.2, 0.25) is 0 Å². The van der Waals surface area contributed by atoms with E-state index in [1.807, 2.05) is 12.1 Å². The lowest BCUT2D eigenvalue weighted by Crippen LogP contribution is -2.47. The van der Waals surface area contributed by atoms with Gasteiger partial charge in [0.25, 0.3) is 0 Å². The van der Waals surface area contributed by atoms with Crippen molar-refractivity contribution in [3.05, 3.63) is 23.8 Å². The van der Waals surface area contributed by atoms with E-state index >= 15 is 0 Å². The average Bonchev–Trinajstić information content (AvgIpc) is 3.36. The van der Waals surface area contributed by atoms with Crippen LogP contribution in [0.3, 0.4) is 0 Å². The van der Waals surface area contributed by atoms with E-state index < -0.39 is 11.6 Å². The van der Waals surface area contributed by atoms with Gasteiger partial charge in [-0.25, -0.2) is 0 Å². The van der Waals surface area contributed by atoms with Crippen molar-refractivity contribution in [2.75, 3.05) is 40.5 Å². The Kier molecular flexibility index (Phi) is 6.11. The highest BCUT2D eigenvalue weighted by Gasteiger charge is 2.56. The molecule has 1 saturated carbocycles. The summed E-state index contributed by atoms with van der Waals surface area (Å²) >= 11 is 0. The molecule has 2 heterocycles. The van der Waals surface area contributed by atoms with E-state index in [0.29, 0.717) is 19.1 Å². The summed E-state index contributed by atoms with van der Waals surface area (Å²) in [6.07, 6.45) is 7.81. The SMILES string of the molecule is COc1ccc(CCOC2(C3CCCCC3)COC3(CCNC3)O2)cc1OC. The fraction of sp³-hybridized carbons (Fsp3) is 0.727. The largest absolute Gasteiger partial charge is 0.493 e. The van der Waals surface area contributed by atoms with Crippen molar-refractivity contribution in [2.45, 2.75) is 56.5 Å². The Morgan fingerprint density at radius 1 is 1.11 bits per heavy atom.